The first kappa shape index (κ1) is 14.5. The molecule has 3 atom stereocenters. The van der Waals surface area contributed by atoms with Gasteiger partial charge < -0.3 is 15.2 Å². The summed E-state index contributed by atoms with van der Waals surface area (Å²) in [5, 5.41) is 16.7. The fraction of sp³-hybridized carbons (Fsp3) is 0.333. The fourth-order valence-corrected chi connectivity index (χ4v) is 2.53. The van der Waals surface area contributed by atoms with Crippen molar-refractivity contribution in [2.45, 2.75) is 24.6 Å². The number of aliphatic hydroxyl groups is 1. The molecule has 1 amide bonds. The first-order valence-corrected chi connectivity index (χ1v) is 6.99. The third kappa shape index (κ3) is 2.94. The summed E-state index contributed by atoms with van der Waals surface area (Å²) in [6, 6.07) is 7.16. The van der Waals surface area contributed by atoms with Crippen LogP contribution in [0.5, 0.6) is 5.75 Å². The molecule has 1 fully saturated rings. The molecule has 6 nitrogen and oxygen atoms in total. The summed E-state index contributed by atoms with van der Waals surface area (Å²) in [7, 11) is 0. The van der Waals surface area contributed by atoms with Crippen LogP contribution in [0.3, 0.4) is 0 Å². The Bertz CT molecular complexity index is 647. The van der Waals surface area contributed by atoms with Crippen LogP contribution in [-0.2, 0) is 4.79 Å². The maximum Gasteiger partial charge on any atom is 0.258 e. The molecule has 1 aromatic heterocycles. The maximum atomic E-state index is 13.4. The van der Waals surface area contributed by atoms with E-state index < -0.39 is 11.9 Å². The second kappa shape index (κ2) is 6.15. The lowest BCUT2D eigenvalue weighted by atomic mass is 9.83. The molecule has 1 heterocycles. The molecule has 7 heteroatoms. The topological polar surface area (TPSA) is 76.4 Å². The molecule has 2 aromatic rings. The molecule has 2 N–H and O–H groups in total. The first-order valence-electron chi connectivity index (χ1n) is 6.99. The number of nitrogens with zero attached hydrogens (tertiary/aromatic N) is 2. The van der Waals surface area contributed by atoms with Gasteiger partial charge >= 0.3 is 0 Å². The average Bonchev–Trinajstić information content (AvgIpc) is 2.99. The molecule has 0 saturated heterocycles. The Balaban J connectivity index is 1.53. The van der Waals surface area contributed by atoms with E-state index in [9.17, 15) is 14.3 Å². The number of hydrogen-bond acceptors (Lipinski definition) is 4. The van der Waals surface area contributed by atoms with Gasteiger partial charge in [-0.3, -0.25) is 9.48 Å². The molecule has 1 aromatic carbocycles. The van der Waals surface area contributed by atoms with Gasteiger partial charge in [-0.1, -0.05) is 12.1 Å². The van der Waals surface area contributed by atoms with Gasteiger partial charge in [-0.15, -0.1) is 0 Å². The van der Waals surface area contributed by atoms with E-state index >= 15 is 0 Å². The van der Waals surface area contributed by atoms with Crippen LogP contribution in [0.1, 0.15) is 12.5 Å². The van der Waals surface area contributed by atoms with Gasteiger partial charge in [0.1, 0.15) is 0 Å². The monoisotopic (exact) mass is 305 g/mol. The summed E-state index contributed by atoms with van der Waals surface area (Å²) in [5.74, 6) is -0.837. The van der Waals surface area contributed by atoms with Crippen molar-refractivity contribution in [3.05, 3.63) is 48.5 Å². The van der Waals surface area contributed by atoms with E-state index in [4.69, 9.17) is 4.74 Å². The maximum absolute atomic E-state index is 13.4. The van der Waals surface area contributed by atoms with Crippen LogP contribution in [0.25, 0.3) is 0 Å². The van der Waals surface area contributed by atoms with E-state index in [1.165, 1.54) is 12.1 Å². The molecule has 0 radical (unpaired) electrons. The van der Waals surface area contributed by atoms with Crippen LogP contribution in [0, 0.1) is 5.82 Å². The summed E-state index contributed by atoms with van der Waals surface area (Å²) in [6.45, 7) is -0.278. The molecular weight excluding hydrogens is 289 g/mol. The van der Waals surface area contributed by atoms with Crippen LogP contribution in [-0.4, -0.2) is 39.5 Å². The lowest BCUT2D eigenvalue weighted by molar-refractivity contribution is -0.126. The lowest BCUT2D eigenvalue weighted by Crippen LogP contribution is -2.56. The zero-order valence-electron chi connectivity index (χ0n) is 11.7. The van der Waals surface area contributed by atoms with Gasteiger partial charge in [-0.05, 0) is 24.6 Å². The van der Waals surface area contributed by atoms with Crippen molar-refractivity contribution >= 4 is 5.91 Å². The van der Waals surface area contributed by atoms with Crippen molar-refractivity contribution < 1.29 is 19.0 Å². The number of benzene rings is 1. The van der Waals surface area contributed by atoms with Crippen molar-refractivity contribution in [2.75, 3.05) is 6.61 Å². The molecule has 0 unspecified atom stereocenters. The number of rotatable bonds is 5. The molecule has 0 spiro atoms. The number of para-hydroxylation sites is 1. The zero-order valence-corrected chi connectivity index (χ0v) is 11.7. The Hall–Kier alpha value is -2.41. The summed E-state index contributed by atoms with van der Waals surface area (Å²) in [4.78, 5) is 11.9. The largest absolute Gasteiger partial charge is 0.481 e. The SMILES string of the molecule is O=C(COc1ccccc1F)N[C@H]1C[C@@H](O)[C@@H]1n1cccn1. The van der Waals surface area contributed by atoms with Crippen LogP contribution in [0.2, 0.25) is 0 Å². The van der Waals surface area contributed by atoms with Crippen molar-refractivity contribution in [2.24, 2.45) is 0 Å². The molecular formula is C15H16FN3O3. The van der Waals surface area contributed by atoms with E-state index in [1.54, 1.807) is 35.3 Å². The van der Waals surface area contributed by atoms with E-state index in [2.05, 4.69) is 10.4 Å². The molecule has 116 valence electrons. The highest BCUT2D eigenvalue weighted by atomic mass is 19.1. The number of carbonyl (C=O) groups is 1. The fourth-order valence-electron chi connectivity index (χ4n) is 2.53. The second-order valence-electron chi connectivity index (χ2n) is 5.17. The third-order valence-corrected chi connectivity index (χ3v) is 3.67. The number of halogens is 1. The number of ether oxygens (including phenoxy) is 1. The van der Waals surface area contributed by atoms with Crippen molar-refractivity contribution in [1.29, 1.82) is 0 Å². The summed E-state index contributed by atoms with van der Waals surface area (Å²) in [5.41, 5.74) is 0. The second-order valence-corrected chi connectivity index (χ2v) is 5.17. The molecule has 0 bridgehead atoms. The van der Waals surface area contributed by atoms with Crippen LogP contribution in [0.4, 0.5) is 4.39 Å². The summed E-state index contributed by atoms with van der Waals surface area (Å²) < 4.78 is 20.1. The van der Waals surface area contributed by atoms with Gasteiger partial charge in [0.25, 0.3) is 5.91 Å². The standard InChI is InChI=1S/C15H16FN3O3/c16-10-4-1-2-5-13(10)22-9-14(21)18-11-8-12(20)15(11)19-7-3-6-17-19/h1-7,11-12,15,20H,8-9H2,(H,18,21)/t11-,12+,15+/m0/s1. The quantitative estimate of drug-likeness (QED) is 0.860. The van der Waals surface area contributed by atoms with Crippen LogP contribution in [0.15, 0.2) is 42.7 Å². The number of aromatic nitrogens is 2. The van der Waals surface area contributed by atoms with E-state index in [1.807, 2.05) is 0 Å². The smallest absolute Gasteiger partial charge is 0.258 e. The van der Waals surface area contributed by atoms with Gasteiger partial charge in [-0.2, -0.15) is 5.10 Å². The average molecular weight is 305 g/mol. The van der Waals surface area contributed by atoms with E-state index in [0.717, 1.165) is 0 Å². The molecule has 1 aliphatic rings. The van der Waals surface area contributed by atoms with Gasteiger partial charge in [0, 0.05) is 12.4 Å². The normalized spacial score (nSPS) is 23.6. The third-order valence-electron chi connectivity index (χ3n) is 3.67. The Morgan fingerprint density at radius 3 is 2.95 bits per heavy atom. The Kier molecular flexibility index (Phi) is 4.06. The minimum absolute atomic E-state index is 0.0370. The minimum atomic E-state index is -0.544. The summed E-state index contributed by atoms with van der Waals surface area (Å²) >= 11 is 0. The molecule has 1 aliphatic carbocycles. The number of hydrogen-bond donors (Lipinski definition) is 2. The highest BCUT2D eigenvalue weighted by Gasteiger charge is 2.42. The Morgan fingerprint density at radius 2 is 2.27 bits per heavy atom. The van der Waals surface area contributed by atoms with Gasteiger partial charge in [0.15, 0.2) is 18.2 Å². The molecule has 22 heavy (non-hydrogen) atoms. The van der Waals surface area contributed by atoms with Crippen molar-refractivity contribution in [3.63, 3.8) is 0 Å². The number of amides is 1. The minimum Gasteiger partial charge on any atom is -0.481 e. The Labute approximate surface area is 126 Å². The van der Waals surface area contributed by atoms with Gasteiger partial charge in [0.2, 0.25) is 0 Å². The lowest BCUT2D eigenvalue weighted by Gasteiger charge is -2.41. The molecule has 0 aliphatic heterocycles. The Morgan fingerprint density at radius 1 is 1.45 bits per heavy atom. The van der Waals surface area contributed by atoms with E-state index in [-0.39, 0.29) is 30.3 Å². The van der Waals surface area contributed by atoms with Gasteiger partial charge in [-0.25, -0.2) is 4.39 Å². The first-order chi connectivity index (χ1) is 10.6. The van der Waals surface area contributed by atoms with Crippen molar-refractivity contribution in [3.8, 4) is 5.75 Å². The number of nitrogens with one attached hydrogen (secondary N) is 1. The molecule has 1 saturated carbocycles. The molecule has 3 rings (SSSR count). The zero-order chi connectivity index (χ0) is 15.5. The van der Waals surface area contributed by atoms with Crippen LogP contribution >= 0.6 is 0 Å². The van der Waals surface area contributed by atoms with Gasteiger partial charge in [0.05, 0.1) is 18.2 Å². The predicted molar refractivity (Wildman–Crippen MR) is 75.7 cm³/mol. The number of aliphatic hydroxyl groups excluding tert-OH is 1. The highest BCUT2D eigenvalue weighted by Crippen LogP contribution is 2.32. The highest BCUT2D eigenvalue weighted by molar-refractivity contribution is 5.78. The van der Waals surface area contributed by atoms with Crippen molar-refractivity contribution in [1.82, 2.24) is 15.1 Å². The summed E-state index contributed by atoms with van der Waals surface area (Å²) in [6.07, 6.45) is 3.26. The predicted octanol–water partition coefficient (Wildman–Crippen LogP) is 0.892. The number of carbonyl (C=O) groups excluding carboxylic acids is 1. The van der Waals surface area contributed by atoms with E-state index in [0.29, 0.717) is 6.42 Å². The van der Waals surface area contributed by atoms with Crippen LogP contribution < -0.4 is 10.1 Å².